The van der Waals surface area contributed by atoms with E-state index in [9.17, 15) is 14.4 Å². The largest absolute Gasteiger partial charge is 0.354 e. The number of hydrogen-bond donors (Lipinski definition) is 4. The lowest BCUT2D eigenvalue weighted by Crippen LogP contribution is -2.47. The quantitative estimate of drug-likeness (QED) is 0.368. The van der Waals surface area contributed by atoms with Crippen molar-refractivity contribution in [1.29, 1.82) is 0 Å². The van der Waals surface area contributed by atoms with Gasteiger partial charge in [0.2, 0.25) is 11.8 Å². The molecule has 0 saturated heterocycles. The molecular weight excluding hydrogens is 432 g/mol. The average molecular weight is 463 g/mol. The van der Waals surface area contributed by atoms with Crippen molar-refractivity contribution in [1.82, 2.24) is 25.6 Å². The summed E-state index contributed by atoms with van der Waals surface area (Å²) in [5.41, 5.74) is 3.03. The number of H-pyrrole nitrogens is 1. The molecule has 0 spiro atoms. The van der Waals surface area contributed by atoms with Gasteiger partial charge in [0.15, 0.2) is 5.65 Å². The normalized spacial score (nSPS) is 14.1. The zero-order valence-electron chi connectivity index (χ0n) is 19.4. The molecule has 3 aromatic rings. The number of benzene rings is 1. The van der Waals surface area contributed by atoms with Crippen molar-refractivity contribution in [2.75, 3.05) is 11.9 Å². The van der Waals surface area contributed by atoms with Gasteiger partial charge in [0.05, 0.1) is 17.5 Å². The molecular formula is C25H30N6O3. The van der Waals surface area contributed by atoms with E-state index in [1.165, 1.54) is 0 Å². The number of aromatic nitrogens is 3. The number of para-hydroxylation sites is 1. The number of rotatable bonds is 10. The summed E-state index contributed by atoms with van der Waals surface area (Å²) < 4.78 is 0. The lowest BCUT2D eigenvalue weighted by molar-refractivity contribution is -0.123. The third-order valence-electron chi connectivity index (χ3n) is 5.68. The predicted octanol–water partition coefficient (Wildman–Crippen LogP) is 3.12. The first-order valence-electron chi connectivity index (χ1n) is 11.7. The van der Waals surface area contributed by atoms with Gasteiger partial charge in [-0.3, -0.25) is 14.4 Å². The molecule has 4 rings (SSSR count). The zero-order valence-corrected chi connectivity index (χ0v) is 19.4. The maximum absolute atomic E-state index is 13.1. The summed E-state index contributed by atoms with van der Waals surface area (Å²) in [6.07, 6.45) is 6.11. The summed E-state index contributed by atoms with van der Waals surface area (Å²) >= 11 is 0. The van der Waals surface area contributed by atoms with Crippen LogP contribution < -0.4 is 16.0 Å². The van der Waals surface area contributed by atoms with Gasteiger partial charge >= 0.3 is 0 Å². The second-order valence-corrected chi connectivity index (χ2v) is 9.08. The molecule has 4 N–H and O–H groups in total. The van der Waals surface area contributed by atoms with Crippen LogP contribution in [0.3, 0.4) is 0 Å². The molecule has 1 atom stereocenters. The fourth-order valence-corrected chi connectivity index (χ4v) is 3.76. The smallest absolute Gasteiger partial charge is 0.255 e. The predicted molar refractivity (Wildman–Crippen MR) is 129 cm³/mol. The van der Waals surface area contributed by atoms with E-state index in [0.717, 1.165) is 18.5 Å². The zero-order chi connectivity index (χ0) is 24.1. The third-order valence-corrected chi connectivity index (χ3v) is 5.68. The van der Waals surface area contributed by atoms with Crippen molar-refractivity contribution >= 4 is 34.6 Å². The van der Waals surface area contributed by atoms with Gasteiger partial charge in [-0.15, -0.1) is 0 Å². The van der Waals surface area contributed by atoms with Crippen LogP contribution in [0.1, 0.15) is 61.5 Å². The number of hydrogen-bond acceptors (Lipinski definition) is 5. The van der Waals surface area contributed by atoms with E-state index >= 15 is 0 Å². The van der Waals surface area contributed by atoms with Crippen molar-refractivity contribution in [2.24, 2.45) is 5.92 Å². The highest BCUT2D eigenvalue weighted by Crippen LogP contribution is 2.39. The Balaban J connectivity index is 1.36. The fourth-order valence-electron chi connectivity index (χ4n) is 3.76. The molecule has 1 aliphatic rings. The van der Waals surface area contributed by atoms with Crippen LogP contribution in [0.4, 0.5) is 5.69 Å². The minimum Gasteiger partial charge on any atom is -0.354 e. The third kappa shape index (κ3) is 5.98. The van der Waals surface area contributed by atoms with E-state index < -0.39 is 6.04 Å². The van der Waals surface area contributed by atoms with Gasteiger partial charge in [-0.2, -0.15) is 0 Å². The summed E-state index contributed by atoms with van der Waals surface area (Å²) in [6.45, 7) is 4.14. The Morgan fingerprint density at radius 1 is 1.15 bits per heavy atom. The molecule has 2 aromatic heterocycles. The van der Waals surface area contributed by atoms with Crippen molar-refractivity contribution in [3.05, 3.63) is 54.0 Å². The Morgan fingerprint density at radius 3 is 2.62 bits per heavy atom. The van der Waals surface area contributed by atoms with Gasteiger partial charge in [-0.1, -0.05) is 32.0 Å². The number of nitrogens with one attached hydrogen (secondary N) is 4. The molecule has 9 nitrogen and oxygen atoms in total. The fraction of sp³-hybridized carbons (Fsp3) is 0.400. The second kappa shape index (κ2) is 10.5. The van der Waals surface area contributed by atoms with E-state index in [2.05, 4.69) is 30.9 Å². The molecule has 1 aromatic carbocycles. The molecule has 3 amide bonds. The SMILES string of the molecule is CC(C)C[C@@H](NC(=O)c1c[nH]c2ncc(C3CC3)nc12)C(=O)NCCC(=O)Nc1ccccc1. The number of anilines is 1. The van der Waals surface area contributed by atoms with Gasteiger partial charge in [0, 0.05) is 30.8 Å². The average Bonchev–Trinajstić information content (AvgIpc) is 3.57. The van der Waals surface area contributed by atoms with E-state index in [-0.39, 0.29) is 36.6 Å². The molecule has 34 heavy (non-hydrogen) atoms. The Kier molecular flexibility index (Phi) is 7.20. The number of nitrogens with zero attached hydrogens (tertiary/aromatic N) is 2. The van der Waals surface area contributed by atoms with Gasteiger partial charge < -0.3 is 20.9 Å². The minimum atomic E-state index is -0.728. The molecule has 1 saturated carbocycles. The summed E-state index contributed by atoms with van der Waals surface area (Å²) in [5, 5.41) is 8.41. The summed E-state index contributed by atoms with van der Waals surface area (Å²) in [5.74, 6) is -0.294. The standard InChI is InChI=1S/C25H30N6O3/c1-15(2)12-19(25(34)26-11-10-21(32)29-17-6-4-3-5-7-17)31-24(33)18-13-27-23-22(18)30-20(14-28-23)16-8-9-16/h3-7,13-16,19H,8-12H2,1-2H3,(H,26,34)(H,27,28)(H,29,32)(H,31,33)/t19-/m1/s1. The Hall–Kier alpha value is -3.75. The highest BCUT2D eigenvalue weighted by Gasteiger charge is 2.28. The van der Waals surface area contributed by atoms with Gasteiger partial charge in [-0.25, -0.2) is 9.97 Å². The molecule has 178 valence electrons. The number of fused-ring (bicyclic) bond motifs is 1. The molecule has 1 fully saturated rings. The van der Waals surface area contributed by atoms with Crippen molar-refractivity contribution in [3.8, 4) is 0 Å². The van der Waals surface area contributed by atoms with Gasteiger partial charge in [0.25, 0.3) is 5.91 Å². The molecule has 0 aliphatic heterocycles. The van der Waals surface area contributed by atoms with Crippen LogP contribution in [0.25, 0.3) is 11.2 Å². The number of aromatic amines is 1. The first-order chi connectivity index (χ1) is 16.4. The van der Waals surface area contributed by atoms with Crippen molar-refractivity contribution < 1.29 is 14.4 Å². The van der Waals surface area contributed by atoms with Crippen molar-refractivity contribution in [2.45, 2.75) is 51.5 Å². The van der Waals surface area contributed by atoms with E-state index in [4.69, 9.17) is 0 Å². The lowest BCUT2D eigenvalue weighted by atomic mass is 10.0. The number of carbonyl (C=O) groups excluding carboxylic acids is 3. The van der Waals surface area contributed by atoms with E-state index in [1.54, 1.807) is 24.5 Å². The molecule has 9 heteroatoms. The first-order valence-corrected chi connectivity index (χ1v) is 11.7. The number of carbonyl (C=O) groups is 3. The Morgan fingerprint density at radius 2 is 1.91 bits per heavy atom. The Labute approximate surface area is 198 Å². The first kappa shape index (κ1) is 23.4. The van der Waals surface area contributed by atoms with Crippen LogP contribution in [0.15, 0.2) is 42.7 Å². The summed E-state index contributed by atoms with van der Waals surface area (Å²) in [7, 11) is 0. The summed E-state index contributed by atoms with van der Waals surface area (Å²) in [6, 6.07) is 8.41. The highest BCUT2D eigenvalue weighted by molar-refractivity contribution is 6.06. The Bertz CT molecular complexity index is 1170. The molecule has 1 aliphatic carbocycles. The summed E-state index contributed by atoms with van der Waals surface area (Å²) in [4.78, 5) is 50.0. The maximum Gasteiger partial charge on any atom is 0.255 e. The van der Waals surface area contributed by atoms with Crippen LogP contribution in [0.2, 0.25) is 0 Å². The van der Waals surface area contributed by atoms with Crippen LogP contribution >= 0.6 is 0 Å². The van der Waals surface area contributed by atoms with Crippen LogP contribution in [-0.4, -0.2) is 45.3 Å². The van der Waals surface area contributed by atoms with Gasteiger partial charge in [-0.05, 0) is 37.3 Å². The van der Waals surface area contributed by atoms with E-state index in [0.29, 0.717) is 34.8 Å². The minimum absolute atomic E-state index is 0.130. The second-order valence-electron chi connectivity index (χ2n) is 9.08. The molecule has 0 bridgehead atoms. The maximum atomic E-state index is 13.1. The molecule has 0 unspecified atom stereocenters. The van der Waals surface area contributed by atoms with Gasteiger partial charge in [0.1, 0.15) is 11.6 Å². The monoisotopic (exact) mass is 462 g/mol. The molecule has 0 radical (unpaired) electrons. The van der Waals surface area contributed by atoms with Crippen LogP contribution in [-0.2, 0) is 9.59 Å². The number of amides is 3. The van der Waals surface area contributed by atoms with Crippen LogP contribution in [0, 0.1) is 5.92 Å². The highest BCUT2D eigenvalue weighted by atomic mass is 16.2. The van der Waals surface area contributed by atoms with E-state index in [1.807, 2.05) is 32.0 Å². The van der Waals surface area contributed by atoms with Crippen molar-refractivity contribution in [3.63, 3.8) is 0 Å². The molecule has 2 heterocycles. The lowest BCUT2D eigenvalue weighted by Gasteiger charge is -2.20. The van der Waals surface area contributed by atoms with Crippen LogP contribution in [0.5, 0.6) is 0 Å². The topological polar surface area (TPSA) is 129 Å².